The molecule has 1 N–H and O–H groups in total. The first-order valence-corrected chi connectivity index (χ1v) is 10.3. The second-order valence-corrected chi connectivity index (χ2v) is 7.67. The van der Waals surface area contributed by atoms with Crippen LogP contribution < -0.4 is 10.1 Å². The van der Waals surface area contributed by atoms with Gasteiger partial charge in [-0.05, 0) is 25.8 Å². The fourth-order valence-corrected chi connectivity index (χ4v) is 3.68. The molecule has 1 aromatic carbocycles. The molecule has 0 fully saturated rings. The van der Waals surface area contributed by atoms with Crippen molar-refractivity contribution < 1.29 is 9.53 Å². The van der Waals surface area contributed by atoms with Crippen molar-refractivity contribution in [1.82, 2.24) is 20.0 Å². The van der Waals surface area contributed by atoms with Crippen LogP contribution in [-0.2, 0) is 24.9 Å². The SMILES string of the molecule is CCCC[C@H]1CN(CCC(=O)NCc2cn(C)nc2C)Cc2ccccc2O1. The van der Waals surface area contributed by atoms with Gasteiger partial charge >= 0.3 is 0 Å². The highest BCUT2D eigenvalue weighted by Gasteiger charge is 2.22. The molecule has 0 saturated carbocycles. The summed E-state index contributed by atoms with van der Waals surface area (Å²) in [5.74, 6) is 1.06. The van der Waals surface area contributed by atoms with E-state index in [1.807, 2.05) is 26.2 Å². The van der Waals surface area contributed by atoms with E-state index < -0.39 is 0 Å². The van der Waals surface area contributed by atoms with Crippen LogP contribution >= 0.6 is 0 Å². The molecule has 3 rings (SSSR count). The van der Waals surface area contributed by atoms with Crippen molar-refractivity contribution >= 4 is 5.91 Å². The number of amides is 1. The van der Waals surface area contributed by atoms with Gasteiger partial charge in [0.25, 0.3) is 0 Å². The number of aromatic nitrogens is 2. The van der Waals surface area contributed by atoms with Crippen LogP contribution in [0.25, 0.3) is 0 Å². The van der Waals surface area contributed by atoms with Crippen LogP contribution in [-0.4, -0.2) is 39.8 Å². The molecule has 0 saturated heterocycles. The van der Waals surface area contributed by atoms with Gasteiger partial charge in [-0.3, -0.25) is 14.4 Å². The maximum Gasteiger partial charge on any atom is 0.221 e. The first kappa shape index (κ1) is 20.4. The Kier molecular flexibility index (Phi) is 7.09. The number of carbonyl (C=O) groups is 1. The predicted molar refractivity (Wildman–Crippen MR) is 110 cm³/mol. The van der Waals surface area contributed by atoms with Crippen molar-refractivity contribution in [3.63, 3.8) is 0 Å². The smallest absolute Gasteiger partial charge is 0.221 e. The quantitative estimate of drug-likeness (QED) is 0.759. The number of nitrogens with one attached hydrogen (secondary N) is 1. The topological polar surface area (TPSA) is 59.4 Å². The number of hydrogen-bond acceptors (Lipinski definition) is 4. The summed E-state index contributed by atoms with van der Waals surface area (Å²) in [5.41, 5.74) is 3.23. The van der Waals surface area contributed by atoms with E-state index in [4.69, 9.17) is 4.74 Å². The highest BCUT2D eigenvalue weighted by molar-refractivity contribution is 5.76. The molecular formula is C22H32N4O2. The summed E-state index contributed by atoms with van der Waals surface area (Å²) in [7, 11) is 1.90. The third-order valence-corrected chi connectivity index (χ3v) is 5.25. The largest absolute Gasteiger partial charge is 0.489 e. The minimum absolute atomic E-state index is 0.0758. The van der Waals surface area contributed by atoms with E-state index in [-0.39, 0.29) is 12.0 Å². The van der Waals surface area contributed by atoms with Crippen LogP contribution in [0.5, 0.6) is 5.75 Å². The highest BCUT2D eigenvalue weighted by atomic mass is 16.5. The molecule has 1 aliphatic heterocycles. The molecule has 0 unspecified atom stereocenters. The van der Waals surface area contributed by atoms with E-state index in [0.29, 0.717) is 13.0 Å². The number of rotatable bonds is 8. The van der Waals surface area contributed by atoms with Crippen LogP contribution in [0, 0.1) is 6.92 Å². The van der Waals surface area contributed by atoms with Gasteiger partial charge in [0.05, 0.1) is 5.69 Å². The molecule has 0 bridgehead atoms. The summed E-state index contributed by atoms with van der Waals surface area (Å²) in [4.78, 5) is 14.7. The Bertz CT molecular complexity index is 787. The van der Waals surface area contributed by atoms with Gasteiger partial charge in [0, 0.05) is 57.0 Å². The lowest BCUT2D eigenvalue weighted by atomic mass is 10.1. The molecule has 1 aliphatic rings. The lowest BCUT2D eigenvalue weighted by Gasteiger charge is -2.23. The summed E-state index contributed by atoms with van der Waals surface area (Å²) in [6, 6.07) is 8.26. The number of para-hydroxylation sites is 1. The third kappa shape index (κ3) is 5.58. The summed E-state index contributed by atoms with van der Waals surface area (Å²) in [5, 5.41) is 7.34. The van der Waals surface area contributed by atoms with E-state index in [9.17, 15) is 4.79 Å². The minimum atomic E-state index is 0.0758. The van der Waals surface area contributed by atoms with Gasteiger partial charge in [0.15, 0.2) is 0 Å². The average molecular weight is 385 g/mol. The summed E-state index contributed by atoms with van der Waals surface area (Å²) in [6.45, 7) is 7.13. The Labute approximate surface area is 167 Å². The first-order valence-electron chi connectivity index (χ1n) is 10.3. The fraction of sp³-hybridized carbons (Fsp3) is 0.545. The lowest BCUT2D eigenvalue weighted by molar-refractivity contribution is -0.121. The molecule has 6 nitrogen and oxygen atoms in total. The van der Waals surface area contributed by atoms with E-state index in [2.05, 4.69) is 40.4 Å². The zero-order valence-corrected chi connectivity index (χ0v) is 17.3. The summed E-state index contributed by atoms with van der Waals surface area (Å²) >= 11 is 0. The van der Waals surface area contributed by atoms with Gasteiger partial charge in [-0.25, -0.2) is 0 Å². The summed E-state index contributed by atoms with van der Waals surface area (Å²) < 4.78 is 8.05. The highest BCUT2D eigenvalue weighted by Crippen LogP contribution is 2.26. The van der Waals surface area contributed by atoms with Gasteiger partial charge < -0.3 is 10.1 Å². The molecule has 2 heterocycles. The molecule has 1 amide bonds. The Morgan fingerprint density at radius 2 is 2.18 bits per heavy atom. The fourth-order valence-electron chi connectivity index (χ4n) is 3.68. The van der Waals surface area contributed by atoms with Crippen LogP contribution in [0.15, 0.2) is 30.5 Å². The molecule has 0 radical (unpaired) electrons. The number of nitrogens with zero attached hydrogens (tertiary/aromatic N) is 3. The number of aryl methyl sites for hydroxylation is 2. The van der Waals surface area contributed by atoms with Gasteiger partial charge in [0.1, 0.15) is 11.9 Å². The Morgan fingerprint density at radius 1 is 1.36 bits per heavy atom. The molecule has 6 heteroatoms. The Morgan fingerprint density at radius 3 is 2.93 bits per heavy atom. The van der Waals surface area contributed by atoms with Crippen molar-refractivity contribution in [2.45, 2.75) is 58.7 Å². The molecular weight excluding hydrogens is 352 g/mol. The second kappa shape index (κ2) is 9.73. The molecule has 1 aromatic heterocycles. The van der Waals surface area contributed by atoms with Crippen molar-refractivity contribution in [2.75, 3.05) is 13.1 Å². The number of hydrogen-bond donors (Lipinski definition) is 1. The molecule has 0 aliphatic carbocycles. The van der Waals surface area contributed by atoms with Crippen molar-refractivity contribution in [2.24, 2.45) is 7.05 Å². The zero-order valence-electron chi connectivity index (χ0n) is 17.3. The van der Waals surface area contributed by atoms with Crippen molar-refractivity contribution in [3.8, 4) is 5.75 Å². The maximum absolute atomic E-state index is 12.4. The lowest BCUT2D eigenvalue weighted by Crippen LogP contribution is -2.35. The normalized spacial score (nSPS) is 16.9. The number of ether oxygens (including phenoxy) is 1. The van der Waals surface area contributed by atoms with Gasteiger partial charge in [0.2, 0.25) is 5.91 Å². The number of carbonyl (C=O) groups excluding carboxylic acids is 1. The van der Waals surface area contributed by atoms with Crippen molar-refractivity contribution in [3.05, 3.63) is 47.3 Å². The van der Waals surface area contributed by atoms with Crippen LogP contribution in [0.1, 0.15) is 49.4 Å². The third-order valence-electron chi connectivity index (χ3n) is 5.25. The van der Waals surface area contributed by atoms with Crippen LogP contribution in [0.4, 0.5) is 0 Å². The van der Waals surface area contributed by atoms with Crippen LogP contribution in [0.2, 0.25) is 0 Å². The Hall–Kier alpha value is -2.34. The monoisotopic (exact) mass is 384 g/mol. The average Bonchev–Trinajstić information content (AvgIpc) is 2.89. The molecule has 2 aromatic rings. The number of fused-ring (bicyclic) bond motifs is 1. The van der Waals surface area contributed by atoms with Gasteiger partial charge in [-0.2, -0.15) is 5.10 Å². The van der Waals surface area contributed by atoms with E-state index in [1.54, 1.807) is 4.68 Å². The van der Waals surface area contributed by atoms with Crippen molar-refractivity contribution in [1.29, 1.82) is 0 Å². The summed E-state index contributed by atoms with van der Waals surface area (Å²) in [6.07, 6.45) is 6.00. The number of benzene rings is 1. The maximum atomic E-state index is 12.4. The molecule has 0 spiro atoms. The number of unbranched alkanes of at least 4 members (excludes halogenated alkanes) is 1. The van der Waals surface area contributed by atoms with Crippen LogP contribution in [0.3, 0.4) is 0 Å². The van der Waals surface area contributed by atoms with E-state index in [0.717, 1.165) is 55.9 Å². The van der Waals surface area contributed by atoms with E-state index >= 15 is 0 Å². The molecule has 1 atom stereocenters. The Balaban J connectivity index is 1.54. The standard InChI is InChI=1S/C22H32N4O2/c1-4-5-9-20-16-26(15-18-8-6-7-10-21(18)28-20)12-11-22(27)23-13-19-14-25(3)24-17(19)2/h6-8,10,14,20H,4-5,9,11-13,15-16H2,1-3H3,(H,23,27)/t20-/m0/s1. The predicted octanol–water partition coefficient (Wildman–Crippen LogP) is 3.19. The second-order valence-electron chi connectivity index (χ2n) is 7.67. The van der Waals surface area contributed by atoms with Gasteiger partial charge in [-0.1, -0.05) is 31.5 Å². The minimum Gasteiger partial charge on any atom is -0.489 e. The molecule has 28 heavy (non-hydrogen) atoms. The first-order chi connectivity index (χ1) is 13.5. The van der Waals surface area contributed by atoms with Gasteiger partial charge in [-0.15, -0.1) is 0 Å². The van der Waals surface area contributed by atoms with E-state index in [1.165, 1.54) is 5.56 Å². The molecule has 152 valence electrons. The zero-order chi connectivity index (χ0) is 19.9.